The van der Waals surface area contributed by atoms with Gasteiger partial charge >= 0.3 is 7.12 Å². The monoisotopic (exact) mass is 284 g/mol. The molecule has 0 bridgehead atoms. The molecule has 4 heteroatoms. The van der Waals surface area contributed by atoms with Crippen LogP contribution in [0.3, 0.4) is 0 Å². The molecule has 18 heavy (non-hydrogen) atoms. The SMILES string of the molecule is C[C@H]1OB(c2cc[cH-]c2)O[C@@H]1C.[Fe].c1cc[cH-]c1. The smallest absolute Gasteiger partial charge is 0.406 e. The summed E-state index contributed by atoms with van der Waals surface area (Å²) in [6, 6.07) is 18.0. The van der Waals surface area contributed by atoms with Crippen LogP contribution in [-0.4, -0.2) is 19.3 Å². The Hall–Kier alpha value is -0.796. The van der Waals surface area contributed by atoms with E-state index in [0.717, 1.165) is 5.46 Å². The maximum Gasteiger partial charge on any atom is 0.406 e. The maximum atomic E-state index is 5.60. The predicted octanol–water partition coefficient (Wildman–Crippen LogP) is 2.33. The summed E-state index contributed by atoms with van der Waals surface area (Å²) in [5, 5.41) is 0. The van der Waals surface area contributed by atoms with Crippen LogP contribution in [0, 0.1) is 0 Å². The minimum absolute atomic E-state index is 0. The van der Waals surface area contributed by atoms with Crippen LogP contribution in [0.1, 0.15) is 13.8 Å². The van der Waals surface area contributed by atoms with Crippen LogP contribution in [0.2, 0.25) is 0 Å². The maximum absolute atomic E-state index is 5.60. The third-order valence-electron chi connectivity index (χ3n) is 2.85. The summed E-state index contributed by atoms with van der Waals surface area (Å²) in [6.45, 7) is 4.07. The van der Waals surface area contributed by atoms with Gasteiger partial charge in [-0.05, 0) is 13.8 Å². The van der Waals surface area contributed by atoms with Crippen LogP contribution >= 0.6 is 0 Å². The molecular weight excluding hydrogens is 267 g/mol. The second-order valence-corrected chi connectivity index (χ2v) is 4.19. The molecule has 2 aromatic carbocycles. The van der Waals surface area contributed by atoms with E-state index in [1.165, 1.54) is 0 Å². The summed E-state index contributed by atoms with van der Waals surface area (Å²) in [7, 11) is -0.148. The van der Waals surface area contributed by atoms with E-state index in [4.69, 9.17) is 9.31 Å². The van der Waals surface area contributed by atoms with Crippen molar-refractivity contribution in [2.24, 2.45) is 0 Å². The Morgan fingerprint density at radius 3 is 2.00 bits per heavy atom. The first-order valence-corrected chi connectivity index (χ1v) is 5.96. The molecule has 2 nitrogen and oxygen atoms in total. The van der Waals surface area contributed by atoms with Gasteiger partial charge in [0, 0.05) is 17.1 Å². The van der Waals surface area contributed by atoms with E-state index in [0.29, 0.717) is 0 Å². The molecule has 1 heterocycles. The average Bonchev–Trinajstić information content (AvgIpc) is 3.03. The van der Waals surface area contributed by atoms with E-state index in [2.05, 4.69) is 0 Å². The van der Waals surface area contributed by atoms with Gasteiger partial charge in [-0.25, -0.2) is 18.2 Å². The van der Waals surface area contributed by atoms with Gasteiger partial charge in [-0.2, -0.15) is 41.9 Å². The fourth-order valence-electron chi connectivity index (χ4n) is 1.67. The van der Waals surface area contributed by atoms with Gasteiger partial charge in [-0.1, -0.05) is 0 Å². The third-order valence-corrected chi connectivity index (χ3v) is 2.85. The average molecular weight is 284 g/mol. The van der Waals surface area contributed by atoms with Crippen molar-refractivity contribution in [1.29, 1.82) is 0 Å². The first-order valence-electron chi connectivity index (χ1n) is 5.96. The van der Waals surface area contributed by atoms with Gasteiger partial charge in [0.15, 0.2) is 0 Å². The normalized spacial score (nSPS) is 22.0. The van der Waals surface area contributed by atoms with Crippen molar-refractivity contribution in [3.05, 3.63) is 54.6 Å². The van der Waals surface area contributed by atoms with E-state index in [-0.39, 0.29) is 36.4 Å². The van der Waals surface area contributed by atoms with E-state index in [9.17, 15) is 0 Å². The molecular formula is C14H17BFeO2-2. The van der Waals surface area contributed by atoms with E-state index >= 15 is 0 Å². The zero-order valence-electron chi connectivity index (χ0n) is 10.6. The predicted molar refractivity (Wildman–Crippen MR) is 70.6 cm³/mol. The Labute approximate surface area is 120 Å². The molecule has 2 aromatic rings. The molecule has 0 aromatic heterocycles. The van der Waals surface area contributed by atoms with E-state index < -0.39 is 0 Å². The summed E-state index contributed by atoms with van der Waals surface area (Å²) in [6.07, 6.45) is 0.398. The molecule has 0 radical (unpaired) electrons. The van der Waals surface area contributed by atoms with Crippen molar-refractivity contribution in [2.75, 3.05) is 0 Å². The number of hydrogen-bond donors (Lipinski definition) is 0. The Morgan fingerprint density at radius 1 is 1.00 bits per heavy atom. The standard InChI is InChI=1S/C9H12BO2.C5H5.Fe/c1-7-8(2)12-10(11-7)9-5-3-4-6-9;1-2-4-5-3-1;/h3-8H,1-2H3;1-5H;/q2*-1;/t7-,8-;;/m1../s1. The van der Waals surface area contributed by atoms with Gasteiger partial charge < -0.3 is 9.31 Å². The minimum Gasteiger partial charge on any atom is -0.413 e. The molecule has 2 atom stereocenters. The van der Waals surface area contributed by atoms with Crippen LogP contribution in [0.5, 0.6) is 0 Å². The fourth-order valence-corrected chi connectivity index (χ4v) is 1.67. The van der Waals surface area contributed by atoms with Gasteiger partial charge in [0.1, 0.15) is 0 Å². The topological polar surface area (TPSA) is 18.5 Å². The van der Waals surface area contributed by atoms with Gasteiger partial charge in [-0.3, -0.25) is 0 Å². The Kier molecular flexibility index (Phi) is 6.44. The molecule has 1 fully saturated rings. The Balaban J connectivity index is 0.000000230. The van der Waals surface area contributed by atoms with Crippen molar-refractivity contribution in [3.63, 3.8) is 0 Å². The fraction of sp³-hybridized carbons (Fsp3) is 0.286. The molecule has 0 unspecified atom stereocenters. The Bertz CT molecular complexity index is 372. The van der Waals surface area contributed by atoms with Crippen LogP contribution in [-0.2, 0) is 26.4 Å². The summed E-state index contributed by atoms with van der Waals surface area (Å²) in [5.41, 5.74) is 1.12. The second-order valence-electron chi connectivity index (χ2n) is 4.19. The molecule has 0 saturated carbocycles. The third kappa shape index (κ3) is 4.15. The van der Waals surface area contributed by atoms with Crippen LogP contribution < -0.4 is 5.46 Å². The van der Waals surface area contributed by atoms with Gasteiger partial charge in [0.25, 0.3) is 0 Å². The molecule has 0 amide bonds. The molecule has 98 valence electrons. The zero-order chi connectivity index (χ0) is 12.1. The number of hydrogen-bond acceptors (Lipinski definition) is 2. The quantitative estimate of drug-likeness (QED) is 0.591. The van der Waals surface area contributed by atoms with Crippen LogP contribution in [0.25, 0.3) is 0 Å². The van der Waals surface area contributed by atoms with E-state index in [1.807, 2.05) is 68.4 Å². The van der Waals surface area contributed by atoms with Crippen LogP contribution in [0.4, 0.5) is 0 Å². The molecule has 0 aliphatic carbocycles. The summed E-state index contributed by atoms with van der Waals surface area (Å²) in [4.78, 5) is 0. The summed E-state index contributed by atoms with van der Waals surface area (Å²) < 4.78 is 11.2. The van der Waals surface area contributed by atoms with Crippen LogP contribution in [0.15, 0.2) is 54.6 Å². The van der Waals surface area contributed by atoms with Gasteiger partial charge in [-0.15, -0.1) is 0 Å². The van der Waals surface area contributed by atoms with Crippen molar-refractivity contribution in [1.82, 2.24) is 0 Å². The van der Waals surface area contributed by atoms with Gasteiger partial charge in [0.05, 0.1) is 12.2 Å². The van der Waals surface area contributed by atoms with Gasteiger partial charge in [0.2, 0.25) is 0 Å². The molecule has 1 saturated heterocycles. The largest absolute Gasteiger partial charge is 0.413 e. The molecule has 3 rings (SSSR count). The zero-order valence-corrected chi connectivity index (χ0v) is 11.7. The summed E-state index contributed by atoms with van der Waals surface area (Å²) >= 11 is 0. The van der Waals surface area contributed by atoms with Crippen molar-refractivity contribution in [2.45, 2.75) is 26.1 Å². The molecule has 0 spiro atoms. The second kappa shape index (κ2) is 7.60. The molecule has 0 N–H and O–H groups in total. The number of rotatable bonds is 1. The van der Waals surface area contributed by atoms with E-state index in [1.54, 1.807) is 0 Å². The van der Waals surface area contributed by atoms with Crippen molar-refractivity contribution in [3.8, 4) is 0 Å². The molecule has 1 aliphatic rings. The molecule has 1 aliphatic heterocycles. The summed E-state index contributed by atoms with van der Waals surface area (Å²) in [5.74, 6) is 0. The first kappa shape index (κ1) is 15.3. The Morgan fingerprint density at radius 2 is 1.61 bits per heavy atom. The van der Waals surface area contributed by atoms with Crippen molar-refractivity contribution >= 4 is 12.6 Å². The first-order chi connectivity index (χ1) is 8.27. The van der Waals surface area contributed by atoms with Crippen molar-refractivity contribution < 1.29 is 26.4 Å². The minimum atomic E-state index is -0.148.